The summed E-state index contributed by atoms with van der Waals surface area (Å²) in [6.07, 6.45) is -2.53. The van der Waals surface area contributed by atoms with Crippen LogP contribution in [0.5, 0.6) is 11.5 Å². The lowest BCUT2D eigenvalue weighted by Gasteiger charge is -2.08. The summed E-state index contributed by atoms with van der Waals surface area (Å²) in [7, 11) is -2.75. The Bertz CT molecular complexity index is 543. The first-order chi connectivity index (χ1) is 9.38. The van der Waals surface area contributed by atoms with Gasteiger partial charge in [-0.1, -0.05) is 12.1 Å². The van der Waals surface area contributed by atoms with E-state index in [1.807, 2.05) is 0 Å². The van der Waals surface area contributed by atoms with E-state index < -0.39 is 26.2 Å². The fourth-order valence-electron chi connectivity index (χ4n) is 0.787. The lowest BCUT2D eigenvalue weighted by Crippen LogP contribution is -2.04. The molecular formula is C10H12O3. The van der Waals surface area contributed by atoms with Gasteiger partial charge >= 0.3 is 0 Å². The molecule has 1 aliphatic heterocycles. The summed E-state index contributed by atoms with van der Waals surface area (Å²) in [5, 5.41) is 0. The van der Waals surface area contributed by atoms with Gasteiger partial charge in [0.1, 0.15) is 12.6 Å². The Balaban J connectivity index is 2.24. The number of epoxide rings is 1. The first kappa shape index (κ1) is 3.17. The minimum atomic E-state index is -2.84. The molecular weight excluding hydrogens is 168 g/mol. The van der Waals surface area contributed by atoms with E-state index in [0.29, 0.717) is 0 Å². The third-order valence-corrected chi connectivity index (χ3v) is 1.42. The van der Waals surface area contributed by atoms with Crippen LogP contribution in [0.25, 0.3) is 0 Å². The third-order valence-electron chi connectivity index (χ3n) is 1.42. The van der Waals surface area contributed by atoms with Gasteiger partial charge in [-0.3, -0.25) is 0 Å². The fraction of sp³-hybridized carbons (Fsp3) is 0.400. The van der Waals surface area contributed by atoms with Crippen LogP contribution in [-0.4, -0.2) is 26.2 Å². The van der Waals surface area contributed by atoms with E-state index in [0.717, 1.165) is 0 Å². The molecule has 1 fully saturated rings. The van der Waals surface area contributed by atoms with Gasteiger partial charge in [0.15, 0.2) is 11.5 Å². The van der Waals surface area contributed by atoms with Gasteiger partial charge in [-0.15, -0.1) is 0 Å². The van der Waals surface area contributed by atoms with Crippen LogP contribution in [0.15, 0.2) is 24.3 Å². The molecule has 1 aliphatic rings. The first-order valence-corrected chi connectivity index (χ1v) is 3.55. The van der Waals surface area contributed by atoms with Gasteiger partial charge in [0.25, 0.3) is 0 Å². The Morgan fingerprint density at radius 1 is 1.77 bits per heavy atom. The smallest absolute Gasteiger partial charge is 0.161 e. The highest BCUT2D eigenvalue weighted by atomic mass is 16.6. The van der Waals surface area contributed by atoms with Gasteiger partial charge in [0.2, 0.25) is 0 Å². The number of para-hydroxylation sites is 2. The molecule has 2 rings (SSSR count). The molecule has 1 heterocycles. The van der Waals surface area contributed by atoms with E-state index >= 15 is 0 Å². The topological polar surface area (TPSA) is 31.0 Å². The number of ether oxygens (including phenoxy) is 3. The Labute approximate surface area is 88.5 Å². The summed E-state index contributed by atoms with van der Waals surface area (Å²) < 4.78 is 72.5. The molecule has 0 radical (unpaired) electrons. The molecule has 0 aromatic heterocycles. The zero-order chi connectivity index (χ0) is 16.1. The summed E-state index contributed by atoms with van der Waals surface area (Å²) in [5.41, 5.74) is 0. The van der Waals surface area contributed by atoms with E-state index in [1.165, 1.54) is 24.3 Å². The lowest BCUT2D eigenvalue weighted by atomic mass is 10.3. The van der Waals surface area contributed by atoms with Gasteiger partial charge in [-0.25, -0.2) is 0 Å². The molecule has 0 N–H and O–H groups in total. The Morgan fingerprint density at radius 3 is 3.23 bits per heavy atom. The maximum absolute atomic E-state index is 7.66. The van der Waals surface area contributed by atoms with E-state index in [-0.39, 0.29) is 11.5 Å². The number of hydrogen-bond donors (Lipinski definition) is 0. The molecule has 0 spiro atoms. The van der Waals surface area contributed by atoms with Gasteiger partial charge in [-0.2, -0.15) is 0 Å². The molecule has 0 saturated carbocycles. The predicted octanol–water partition coefficient (Wildman–Crippen LogP) is 1.47. The maximum Gasteiger partial charge on any atom is 0.161 e. The molecule has 70 valence electrons. The molecule has 0 aliphatic carbocycles. The van der Waals surface area contributed by atoms with Crippen molar-refractivity contribution in [2.24, 2.45) is 0 Å². The molecule has 13 heavy (non-hydrogen) atoms. The zero-order valence-electron chi connectivity index (χ0n) is 14.5. The minimum Gasteiger partial charge on any atom is -0.493 e. The summed E-state index contributed by atoms with van der Waals surface area (Å²) in [4.78, 5) is 0. The highest BCUT2D eigenvalue weighted by Crippen LogP contribution is 2.26. The Kier molecular flexibility index (Phi) is 0.893. The lowest BCUT2D eigenvalue weighted by molar-refractivity contribution is 0.252. The number of methoxy groups -OCH3 is 1. The first-order valence-electron chi connectivity index (χ1n) is 7.55. The van der Waals surface area contributed by atoms with E-state index in [4.69, 9.17) is 15.7 Å². The number of hydrogen-bond acceptors (Lipinski definition) is 3. The van der Waals surface area contributed by atoms with Crippen molar-refractivity contribution in [1.29, 1.82) is 0 Å². The number of benzene rings is 1. The van der Waals surface area contributed by atoms with Crippen LogP contribution in [0, 0.1) is 0 Å². The van der Waals surface area contributed by atoms with Gasteiger partial charge in [0, 0.05) is 0 Å². The predicted molar refractivity (Wildman–Crippen MR) is 48.2 cm³/mol. The van der Waals surface area contributed by atoms with Crippen LogP contribution < -0.4 is 9.47 Å². The molecule has 1 aromatic rings. The van der Waals surface area contributed by atoms with E-state index in [9.17, 15) is 0 Å². The molecule has 1 atom stereocenters. The maximum atomic E-state index is 7.66. The monoisotopic (exact) mass is 188 g/mol. The van der Waals surface area contributed by atoms with Crippen LogP contribution in [0.4, 0.5) is 0 Å². The summed E-state index contributed by atoms with van der Waals surface area (Å²) in [6, 6.07) is 5.43. The van der Waals surface area contributed by atoms with E-state index in [1.54, 1.807) is 0 Å². The van der Waals surface area contributed by atoms with Crippen LogP contribution in [0.2, 0.25) is 0 Å². The fourth-order valence-corrected chi connectivity index (χ4v) is 0.787. The van der Waals surface area contributed by atoms with Crippen molar-refractivity contribution in [3.8, 4) is 11.5 Å². The highest BCUT2D eigenvalue weighted by molar-refractivity contribution is 5.39. The van der Waals surface area contributed by atoms with Crippen molar-refractivity contribution in [3.63, 3.8) is 0 Å². The SMILES string of the molecule is [2H]C([2H])([2H])Oc1ccccc1OC([2H])([2H])C1([2H])OC1([2H])[2H]. The average Bonchev–Trinajstić information content (AvgIpc) is 2.81. The molecule has 3 heteroatoms. The average molecular weight is 188 g/mol. The normalized spacial score (nSPS) is 40.3. The molecule has 1 unspecified atom stereocenters. The van der Waals surface area contributed by atoms with Crippen LogP contribution in [0.3, 0.4) is 0 Å². The van der Waals surface area contributed by atoms with Crippen LogP contribution >= 0.6 is 0 Å². The van der Waals surface area contributed by atoms with Crippen molar-refractivity contribution in [2.45, 2.75) is 6.08 Å². The van der Waals surface area contributed by atoms with Crippen molar-refractivity contribution in [3.05, 3.63) is 24.3 Å². The summed E-state index contributed by atoms with van der Waals surface area (Å²) >= 11 is 0. The van der Waals surface area contributed by atoms with Gasteiger partial charge in [0.05, 0.1) is 24.6 Å². The Morgan fingerprint density at radius 2 is 2.54 bits per heavy atom. The minimum absolute atomic E-state index is 0.244. The third kappa shape index (κ3) is 2.12. The van der Waals surface area contributed by atoms with Crippen molar-refractivity contribution in [2.75, 3.05) is 20.2 Å². The largest absolute Gasteiger partial charge is 0.493 e. The molecule has 1 aromatic carbocycles. The zero-order valence-corrected chi connectivity index (χ0v) is 6.53. The summed E-state index contributed by atoms with van der Waals surface area (Å²) in [6.45, 7) is -5.33. The second kappa shape index (κ2) is 3.66. The molecule has 0 bridgehead atoms. The summed E-state index contributed by atoms with van der Waals surface area (Å²) in [5.74, 6) is -0.511. The van der Waals surface area contributed by atoms with Crippen molar-refractivity contribution >= 4 is 0 Å². The van der Waals surface area contributed by atoms with Crippen molar-refractivity contribution < 1.29 is 25.2 Å². The molecule has 0 amide bonds. The number of rotatable bonds is 4. The van der Waals surface area contributed by atoms with Crippen molar-refractivity contribution in [1.82, 2.24) is 0 Å². The second-order valence-electron chi connectivity index (χ2n) is 2.29. The Hall–Kier alpha value is -1.22. The molecule has 3 nitrogen and oxygen atoms in total. The standard InChI is InChI=1S/C10H12O3/c1-11-9-4-2-3-5-10(9)13-7-8-6-12-8/h2-5,8H,6-7H2,1H3/i1D3,6D2,7D2,8D. The van der Waals surface area contributed by atoms with Gasteiger partial charge < -0.3 is 14.2 Å². The second-order valence-corrected chi connectivity index (χ2v) is 2.29. The van der Waals surface area contributed by atoms with Crippen LogP contribution in [0.1, 0.15) is 11.0 Å². The van der Waals surface area contributed by atoms with Crippen LogP contribution in [-0.2, 0) is 4.74 Å². The van der Waals surface area contributed by atoms with E-state index in [2.05, 4.69) is 9.47 Å². The molecule has 1 saturated heterocycles. The highest BCUT2D eigenvalue weighted by Gasteiger charge is 2.23. The van der Waals surface area contributed by atoms with Gasteiger partial charge in [-0.05, 0) is 12.1 Å². The quantitative estimate of drug-likeness (QED) is 0.670.